The van der Waals surface area contributed by atoms with Crippen molar-refractivity contribution in [1.29, 1.82) is 0 Å². The topological polar surface area (TPSA) is 95.5 Å². The van der Waals surface area contributed by atoms with E-state index in [2.05, 4.69) is 10.6 Å². The molecule has 1 fully saturated rings. The van der Waals surface area contributed by atoms with E-state index in [0.29, 0.717) is 18.8 Å². The van der Waals surface area contributed by atoms with Gasteiger partial charge in [-0.3, -0.25) is 14.9 Å². The molecule has 0 atom stereocenters. The van der Waals surface area contributed by atoms with Crippen LogP contribution in [-0.4, -0.2) is 29.6 Å². The Labute approximate surface area is 119 Å². The van der Waals surface area contributed by atoms with Crippen LogP contribution in [0.5, 0.6) is 0 Å². The maximum absolute atomic E-state index is 11.6. The number of carbonyl (C=O) groups excluding carboxylic acids is 2. The Kier molecular flexibility index (Phi) is 7.69. The zero-order chi connectivity index (χ0) is 14.8. The first-order valence-corrected chi connectivity index (χ1v) is 7.37. The fourth-order valence-electron chi connectivity index (χ4n) is 2.49. The predicted molar refractivity (Wildman–Crippen MR) is 74.2 cm³/mol. The highest BCUT2D eigenvalue weighted by Crippen LogP contribution is 2.27. The Balaban J connectivity index is 2.05. The minimum atomic E-state index is -0.893. The molecule has 1 rings (SSSR count). The second kappa shape index (κ2) is 9.34. The van der Waals surface area contributed by atoms with E-state index in [-0.39, 0.29) is 18.9 Å². The third-order valence-electron chi connectivity index (χ3n) is 3.61. The number of carboxylic acids is 1. The SMILES string of the molecule is O=C(O)CCCNC(=O)NC(=O)CCC1CCCCC1. The lowest BCUT2D eigenvalue weighted by Gasteiger charge is -2.20. The quantitative estimate of drug-likeness (QED) is 0.623. The summed E-state index contributed by atoms with van der Waals surface area (Å²) in [6.45, 7) is 0.258. The Morgan fingerprint density at radius 3 is 2.40 bits per heavy atom. The molecule has 1 saturated carbocycles. The third-order valence-corrected chi connectivity index (χ3v) is 3.61. The van der Waals surface area contributed by atoms with Gasteiger partial charge in [0.2, 0.25) is 5.91 Å². The van der Waals surface area contributed by atoms with Crippen molar-refractivity contribution >= 4 is 17.9 Å². The monoisotopic (exact) mass is 284 g/mol. The minimum Gasteiger partial charge on any atom is -0.481 e. The molecule has 6 heteroatoms. The first kappa shape index (κ1) is 16.5. The number of aliphatic carboxylic acids is 1. The first-order valence-electron chi connectivity index (χ1n) is 7.37. The number of carboxylic acid groups (broad SMARTS) is 1. The molecule has 1 aliphatic rings. The molecule has 0 bridgehead atoms. The lowest BCUT2D eigenvalue weighted by atomic mass is 9.86. The van der Waals surface area contributed by atoms with E-state index in [1.54, 1.807) is 0 Å². The summed E-state index contributed by atoms with van der Waals surface area (Å²) in [6.07, 6.45) is 7.76. The maximum atomic E-state index is 11.6. The fourth-order valence-corrected chi connectivity index (χ4v) is 2.49. The molecule has 114 valence electrons. The summed E-state index contributed by atoms with van der Waals surface area (Å²) in [5.74, 6) is -0.532. The molecule has 0 aromatic heterocycles. The van der Waals surface area contributed by atoms with Gasteiger partial charge in [0.25, 0.3) is 0 Å². The predicted octanol–water partition coefficient (Wildman–Crippen LogP) is 2.04. The molecule has 0 aliphatic heterocycles. The standard InChI is InChI=1S/C14H24N2O4/c17-12(9-8-11-5-2-1-3-6-11)16-14(20)15-10-4-7-13(18)19/h11H,1-10H2,(H,18,19)(H2,15,16,17,20). The van der Waals surface area contributed by atoms with E-state index >= 15 is 0 Å². The van der Waals surface area contributed by atoms with Crippen molar-refractivity contribution in [1.82, 2.24) is 10.6 Å². The van der Waals surface area contributed by atoms with Gasteiger partial charge in [0.15, 0.2) is 0 Å². The third kappa shape index (κ3) is 7.76. The molecule has 3 amide bonds. The maximum Gasteiger partial charge on any atom is 0.321 e. The van der Waals surface area contributed by atoms with Crippen molar-refractivity contribution in [2.75, 3.05) is 6.54 Å². The smallest absolute Gasteiger partial charge is 0.321 e. The van der Waals surface area contributed by atoms with Gasteiger partial charge in [-0.2, -0.15) is 0 Å². The summed E-state index contributed by atoms with van der Waals surface area (Å²) in [4.78, 5) is 33.2. The van der Waals surface area contributed by atoms with Crippen LogP contribution in [-0.2, 0) is 9.59 Å². The number of urea groups is 1. The second-order valence-electron chi connectivity index (χ2n) is 5.34. The zero-order valence-electron chi connectivity index (χ0n) is 11.8. The van der Waals surface area contributed by atoms with Crippen LogP contribution in [0, 0.1) is 5.92 Å². The van der Waals surface area contributed by atoms with E-state index in [1.807, 2.05) is 0 Å². The van der Waals surface area contributed by atoms with Crippen LogP contribution in [0.1, 0.15) is 57.8 Å². The Morgan fingerprint density at radius 1 is 1.05 bits per heavy atom. The number of carbonyl (C=O) groups is 3. The number of hydrogen-bond donors (Lipinski definition) is 3. The zero-order valence-corrected chi connectivity index (χ0v) is 11.8. The molecule has 0 spiro atoms. The van der Waals surface area contributed by atoms with Crippen LogP contribution in [0.2, 0.25) is 0 Å². The molecule has 0 heterocycles. The second-order valence-corrected chi connectivity index (χ2v) is 5.34. The minimum absolute atomic E-state index is 0.00983. The number of imide groups is 1. The van der Waals surface area contributed by atoms with Gasteiger partial charge in [0.1, 0.15) is 0 Å². The highest BCUT2D eigenvalue weighted by molar-refractivity contribution is 5.94. The summed E-state index contributed by atoms with van der Waals surface area (Å²) in [5, 5.41) is 13.2. The van der Waals surface area contributed by atoms with Crippen molar-refractivity contribution in [3.8, 4) is 0 Å². The van der Waals surface area contributed by atoms with Crippen molar-refractivity contribution in [2.24, 2.45) is 5.92 Å². The highest BCUT2D eigenvalue weighted by atomic mass is 16.4. The molecular weight excluding hydrogens is 260 g/mol. The van der Waals surface area contributed by atoms with Gasteiger partial charge < -0.3 is 10.4 Å². The molecular formula is C14H24N2O4. The van der Waals surface area contributed by atoms with Crippen molar-refractivity contribution in [3.05, 3.63) is 0 Å². The normalized spacial score (nSPS) is 15.6. The van der Waals surface area contributed by atoms with Crippen LogP contribution in [0.3, 0.4) is 0 Å². The summed E-state index contributed by atoms with van der Waals surface area (Å²) in [7, 11) is 0. The largest absolute Gasteiger partial charge is 0.481 e. The molecule has 0 aromatic carbocycles. The van der Waals surface area contributed by atoms with Gasteiger partial charge in [-0.1, -0.05) is 32.1 Å². The van der Waals surface area contributed by atoms with Gasteiger partial charge in [0.05, 0.1) is 0 Å². The average Bonchev–Trinajstić information content (AvgIpc) is 2.42. The Morgan fingerprint density at radius 2 is 1.75 bits per heavy atom. The molecule has 3 N–H and O–H groups in total. The lowest BCUT2D eigenvalue weighted by molar-refractivity contribution is -0.137. The number of amides is 3. The molecule has 0 saturated heterocycles. The van der Waals surface area contributed by atoms with E-state index in [9.17, 15) is 14.4 Å². The van der Waals surface area contributed by atoms with Gasteiger partial charge in [-0.25, -0.2) is 4.79 Å². The average molecular weight is 284 g/mol. The van der Waals surface area contributed by atoms with Crippen LogP contribution < -0.4 is 10.6 Å². The van der Waals surface area contributed by atoms with E-state index < -0.39 is 12.0 Å². The Bertz CT molecular complexity index is 338. The van der Waals surface area contributed by atoms with Crippen molar-refractivity contribution in [2.45, 2.75) is 57.8 Å². The number of rotatable bonds is 7. The number of nitrogens with one attached hydrogen (secondary N) is 2. The first-order chi connectivity index (χ1) is 9.58. The molecule has 6 nitrogen and oxygen atoms in total. The van der Waals surface area contributed by atoms with Gasteiger partial charge in [-0.15, -0.1) is 0 Å². The van der Waals surface area contributed by atoms with E-state index in [0.717, 1.165) is 6.42 Å². The van der Waals surface area contributed by atoms with Crippen LogP contribution >= 0.6 is 0 Å². The summed E-state index contributed by atoms with van der Waals surface area (Å²) >= 11 is 0. The van der Waals surface area contributed by atoms with E-state index in [1.165, 1.54) is 32.1 Å². The highest BCUT2D eigenvalue weighted by Gasteiger charge is 2.15. The molecule has 20 heavy (non-hydrogen) atoms. The van der Waals surface area contributed by atoms with Crippen LogP contribution in [0.15, 0.2) is 0 Å². The van der Waals surface area contributed by atoms with Gasteiger partial charge in [-0.05, 0) is 18.8 Å². The van der Waals surface area contributed by atoms with Gasteiger partial charge >= 0.3 is 12.0 Å². The molecule has 0 unspecified atom stereocenters. The summed E-state index contributed by atoms with van der Waals surface area (Å²) < 4.78 is 0. The Hall–Kier alpha value is -1.59. The van der Waals surface area contributed by atoms with Crippen molar-refractivity contribution in [3.63, 3.8) is 0 Å². The van der Waals surface area contributed by atoms with Crippen molar-refractivity contribution < 1.29 is 19.5 Å². The molecule has 0 radical (unpaired) electrons. The summed E-state index contributed by atoms with van der Waals surface area (Å²) in [5.41, 5.74) is 0. The fraction of sp³-hybridized carbons (Fsp3) is 0.786. The molecule has 0 aromatic rings. The van der Waals surface area contributed by atoms with Gasteiger partial charge in [0, 0.05) is 19.4 Å². The summed E-state index contributed by atoms with van der Waals surface area (Å²) in [6, 6.07) is -0.538. The van der Waals surface area contributed by atoms with E-state index in [4.69, 9.17) is 5.11 Å². The van der Waals surface area contributed by atoms with Crippen LogP contribution in [0.25, 0.3) is 0 Å². The molecule has 1 aliphatic carbocycles. The number of hydrogen-bond acceptors (Lipinski definition) is 3. The van der Waals surface area contributed by atoms with Crippen LogP contribution in [0.4, 0.5) is 4.79 Å². The lowest BCUT2D eigenvalue weighted by Crippen LogP contribution is -2.40.